The van der Waals surface area contributed by atoms with E-state index >= 15 is 0 Å². The second-order valence-electron chi connectivity index (χ2n) is 4.27. The summed E-state index contributed by atoms with van der Waals surface area (Å²) in [5.41, 5.74) is 0.961. The molecule has 0 atom stereocenters. The van der Waals surface area contributed by atoms with E-state index in [0.717, 1.165) is 24.6 Å². The lowest BCUT2D eigenvalue weighted by molar-refractivity contribution is 0.210. The van der Waals surface area contributed by atoms with Crippen molar-refractivity contribution in [2.24, 2.45) is 0 Å². The van der Waals surface area contributed by atoms with E-state index in [0.29, 0.717) is 12.6 Å². The molecule has 0 spiro atoms. The molecule has 1 rings (SSSR count). The van der Waals surface area contributed by atoms with E-state index in [1.54, 1.807) is 7.11 Å². The van der Waals surface area contributed by atoms with Crippen LogP contribution in [0.1, 0.15) is 31.9 Å². The Kier molecular flexibility index (Phi) is 7.10. The first-order chi connectivity index (χ1) is 8.76. The predicted octanol–water partition coefficient (Wildman–Crippen LogP) is 2.45. The Morgan fingerprint density at radius 3 is 2.72 bits per heavy atom. The zero-order chi connectivity index (χ0) is 13.2. The summed E-state index contributed by atoms with van der Waals surface area (Å²) in [6, 6.07) is 1.97. The molecule has 0 aliphatic carbocycles. The minimum Gasteiger partial charge on any atom is -0.383 e. The summed E-state index contributed by atoms with van der Waals surface area (Å²) < 4.78 is 4.98. The number of rotatable bonds is 9. The third-order valence-corrected chi connectivity index (χ3v) is 2.53. The molecule has 18 heavy (non-hydrogen) atoms. The topological polar surface area (TPSA) is 59.1 Å². The summed E-state index contributed by atoms with van der Waals surface area (Å²) in [6.07, 6.45) is 3.65. The molecule has 0 fully saturated rings. The first kappa shape index (κ1) is 14.7. The molecule has 5 heteroatoms. The Labute approximate surface area is 109 Å². The van der Waals surface area contributed by atoms with Crippen LogP contribution >= 0.6 is 0 Å². The number of hydrogen-bond acceptors (Lipinski definition) is 5. The van der Waals surface area contributed by atoms with Gasteiger partial charge in [0.25, 0.3) is 0 Å². The van der Waals surface area contributed by atoms with Gasteiger partial charge in [0.15, 0.2) is 0 Å². The van der Waals surface area contributed by atoms with Crippen LogP contribution in [-0.2, 0) is 4.74 Å². The molecule has 0 aliphatic heterocycles. The van der Waals surface area contributed by atoms with Crippen molar-refractivity contribution in [3.05, 3.63) is 11.8 Å². The Hall–Kier alpha value is -1.36. The maximum Gasteiger partial charge on any atom is 0.224 e. The summed E-state index contributed by atoms with van der Waals surface area (Å²) in [5.74, 6) is 1.54. The van der Waals surface area contributed by atoms with Crippen molar-refractivity contribution in [2.75, 3.05) is 37.4 Å². The van der Waals surface area contributed by atoms with E-state index in [-0.39, 0.29) is 0 Å². The molecular weight excluding hydrogens is 228 g/mol. The van der Waals surface area contributed by atoms with Crippen molar-refractivity contribution < 1.29 is 4.74 Å². The fraction of sp³-hybridized carbons (Fsp3) is 0.692. The highest BCUT2D eigenvalue weighted by atomic mass is 16.5. The largest absolute Gasteiger partial charge is 0.383 e. The zero-order valence-corrected chi connectivity index (χ0v) is 11.6. The van der Waals surface area contributed by atoms with Crippen LogP contribution in [0.25, 0.3) is 0 Å². The molecule has 5 nitrogen and oxygen atoms in total. The van der Waals surface area contributed by atoms with Gasteiger partial charge in [-0.25, -0.2) is 4.98 Å². The molecular formula is C13H24N4O. The van der Waals surface area contributed by atoms with E-state index in [1.807, 2.05) is 13.0 Å². The van der Waals surface area contributed by atoms with Crippen LogP contribution in [0.2, 0.25) is 0 Å². The zero-order valence-electron chi connectivity index (χ0n) is 11.6. The van der Waals surface area contributed by atoms with E-state index < -0.39 is 0 Å². The number of methoxy groups -OCH3 is 1. The molecule has 0 aliphatic rings. The molecule has 102 valence electrons. The molecule has 0 saturated heterocycles. The van der Waals surface area contributed by atoms with E-state index in [1.165, 1.54) is 19.3 Å². The van der Waals surface area contributed by atoms with Gasteiger partial charge in [0, 0.05) is 32.0 Å². The first-order valence-corrected chi connectivity index (χ1v) is 6.58. The highest BCUT2D eigenvalue weighted by molar-refractivity contribution is 5.42. The predicted molar refractivity (Wildman–Crippen MR) is 75.1 cm³/mol. The van der Waals surface area contributed by atoms with E-state index in [2.05, 4.69) is 27.5 Å². The number of nitrogens with zero attached hydrogens (tertiary/aromatic N) is 2. The Morgan fingerprint density at radius 1 is 1.17 bits per heavy atom. The number of hydrogen-bond donors (Lipinski definition) is 2. The monoisotopic (exact) mass is 252 g/mol. The van der Waals surface area contributed by atoms with Crippen molar-refractivity contribution in [1.29, 1.82) is 0 Å². The maximum absolute atomic E-state index is 4.98. The molecule has 1 heterocycles. The standard InChI is InChI=1S/C13H24N4O/c1-4-5-6-7-14-12-10-11(2)16-13(17-12)15-8-9-18-3/h10H,4-9H2,1-3H3,(H2,14,15,16,17). The third kappa shape index (κ3) is 5.82. The first-order valence-electron chi connectivity index (χ1n) is 6.58. The lowest BCUT2D eigenvalue weighted by Crippen LogP contribution is -2.12. The lowest BCUT2D eigenvalue weighted by atomic mass is 10.2. The normalized spacial score (nSPS) is 10.4. The number of anilines is 2. The van der Waals surface area contributed by atoms with Crippen LogP contribution in [0.15, 0.2) is 6.07 Å². The highest BCUT2D eigenvalue weighted by Crippen LogP contribution is 2.09. The molecule has 1 aromatic rings. The molecule has 2 N–H and O–H groups in total. The summed E-state index contributed by atoms with van der Waals surface area (Å²) in [5, 5.41) is 6.47. The summed E-state index contributed by atoms with van der Waals surface area (Å²) in [4.78, 5) is 8.75. The van der Waals surface area contributed by atoms with Crippen LogP contribution in [0.3, 0.4) is 0 Å². The second-order valence-corrected chi connectivity index (χ2v) is 4.27. The fourth-order valence-corrected chi connectivity index (χ4v) is 1.59. The Morgan fingerprint density at radius 2 is 2.00 bits per heavy atom. The van der Waals surface area contributed by atoms with Crippen molar-refractivity contribution in [2.45, 2.75) is 33.1 Å². The molecule has 0 amide bonds. The quantitative estimate of drug-likeness (QED) is 0.661. The van der Waals surface area contributed by atoms with Gasteiger partial charge < -0.3 is 15.4 Å². The van der Waals surface area contributed by atoms with Crippen molar-refractivity contribution in [3.8, 4) is 0 Å². The molecule has 0 unspecified atom stereocenters. The molecule has 0 bridgehead atoms. The van der Waals surface area contributed by atoms with E-state index in [9.17, 15) is 0 Å². The molecule has 0 aromatic carbocycles. The van der Waals surface area contributed by atoms with Crippen molar-refractivity contribution in [1.82, 2.24) is 9.97 Å². The smallest absolute Gasteiger partial charge is 0.224 e. The minimum atomic E-state index is 0.649. The Bertz CT molecular complexity index is 344. The lowest BCUT2D eigenvalue weighted by Gasteiger charge is -2.09. The van der Waals surface area contributed by atoms with Crippen LogP contribution < -0.4 is 10.6 Å². The SMILES string of the molecule is CCCCCNc1cc(C)nc(NCCOC)n1. The van der Waals surface area contributed by atoms with Crippen molar-refractivity contribution >= 4 is 11.8 Å². The number of nitrogens with one attached hydrogen (secondary N) is 2. The van der Waals surface area contributed by atoms with Crippen LogP contribution in [0, 0.1) is 6.92 Å². The number of unbranched alkanes of at least 4 members (excludes halogenated alkanes) is 2. The number of aromatic nitrogens is 2. The van der Waals surface area contributed by atoms with Gasteiger partial charge in [-0.3, -0.25) is 0 Å². The molecule has 0 saturated carbocycles. The maximum atomic E-state index is 4.98. The average molecular weight is 252 g/mol. The average Bonchev–Trinajstić information content (AvgIpc) is 2.34. The molecule has 1 aromatic heterocycles. The van der Waals surface area contributed by atoms with Gasteiger partial charge in [-0.15, -0.1) is 0 Å². The van der Waals surface area contributed by atoms with Gasteiger partial charge >= 0.3 is 0 Å². The van der Waals surface area contributed by atoms with Gasteiger partial charge in [-0.05, 0) is 13.3 Å². The summed E-state index contributed by atoms with van der Waals surface area (Å²) in [6.45, 7) is 6.50. The summed E-state index contributed by atoms with van der Waals surface area (Å²) in [7, 11) is 1.68. The minimum absolute atomic E-state index is 0.649. The third-order valence-electron chi connectivity index (χ3n) is 2.53. The van der Waals surface area contributed by atoms with Gasteiger partial charge in [0.1, 0.15) is 5.82 Å². The van der Waals surface area contributed by atoms with Gasteiger partial charge in [0.05, 0.1) is 6.61 Å². The van der Waals surface area contributed by atoms with E-state index in [4.69, 9.17) is 4.74 Å². The number of aryl methyl sites for hydroxylation is 1. The highest BCUT2D eigenvalue weighted by Gasteiger charge is 2.01. The molecule has 0 radical (unpaired) electrons. The second kappa shape index (κ2) is 8.69. The van der Waals surface area contributed by atoms with Crippen LogP contribution in [-0.4, -0.2) is 36.8 Å². The van der Waals surface area contributed by atoms with Gasteiger partial charge in [0.2, 0.25) is 5.95 Å². The van der Waals surface area contributed by atoms with Crippen LogP contribution in [0.5, 0.6) is 0 Å². The summed E-state index contributed by atoms with van der Waals surface area (Å²) >= 11 is 0. The van der Waals surface area contributed by atoms with Crippen LogP contribution in [0.4, 0.5) is 11.8 Å². The van der Waals surface area contributed by atoms with Gasteiger partial charge in [-0.2, -0.15) is 4.98 Å². The Balaban J connectivity index is 2.46. The number of ether oxygens (including phenoxy) is 1. The van der Waals surface area contributed by atoms with Crippen molar-refractivity contribution in [3.63, 3.8) is 0 Å². The fourth-order valence-electron chi connectivity index (χ4n) is 1.59. The van der Waals surface area contributed by atoms with Gasteiger partial charge in [-0.1, -0.05) is 19.8 Å².